The first-order valence-electron chi connectivity index (χ1n) is 15.3. The van der Waals surface area contributed by atoms with Gasteiger partial charge in [0.1, 0.15) is 58.4 Å². The number of halogens is 20. The minimum atomic E-state index is -7.22. The molecule has 5 rings (SSSR count). The van der Waals surface area contributed by atoms with E-state index in [1.807, 2.05) is 0 Å². The Bertz CT molecular complexity index is 2080. The third kappa shape index (κ3) is 6.63. The van der Waals surface area contributed by atoms with E-state index in [0.29, 0.717) is 0 Å². The Balaban J connectivity index is 0.000000512. The van der Waals surface area contributed by atoms with Crippen LogP contribution in [-0.4, -0.2) is 20.2 Å². The third-order valence-corrected chi connectivity index (χ3v) is 8.88. The molecular weight excluding hydrogens is 825 g/mol. The molecule has 0 amide bonds. The number of hydrogen-bond acceptors (Lipinski definition) is 0. The van der Waals surface area contributed by atoms with Gasteiger partial charge in [0.2, 0.25) is 0 Å². The van der Waals surface area contributed by atoms with Crippen molar-refractivity contribution >= 4 is 33.7 Å². The van der Waals surface area contributed by atoms with E-state index in [4.69, 9.17) is 0 Å². The van der Waals surface area contributed by atoms with Crippen molar-refractivity contribution in [2.45, 2.75) is 20.8 Å². The van der Waals surface area contributed by atoms with Crippen LogP contribution in [0, 0.1) is 137 Å². The molecule has 1 N–H and O–H groups in total. The lowest BCUT2D eigenvalue weighted by molar-refractivity contribution is -0.787. The highest BCUT2D eigenvalue weighted by molar-refractivity contribution is 7.20. The van der Waals surface area contributed by atoms with Crippen LogP contribution in [-0.2, 0) is 0 Å². The fourth-order valence-electron chi connectivity index (χ4n) is 6.84. The Morgan fingerprint density at radius 2 is 0.456 bits per heavy atom. The number of aryl methyl sites for hydroxylation is 3. The fourth-order valence-corrected chi connectivity index (χ4v) is 6.84. The van der Waals surface area contributed by atoms with E-state index >= 15 is 35.1 Å². The first-order chi connectivity index (χ1) is 26.2. The van der Waals surface area contributed by atoms with Gasteiger partial charge in [0.15, 0.2) is 69.8 Å². The Morgan fingerprint density at radius 3 is 0.614 bits per heavy atom. The Kier molecular flexibility index (Phi) is 12.1. The molecule has 0 spiro atoms. The normalized spacial score (nSPS) is 11.8. The average Bonchev–Trinajstić information content (AvgIpc) is 3.14. The third-order valence-electron chi connectivity index (χ3n) is 8.88. The van der Waals surface area contributed by atoms with E-state index in [1.54, 1.807) is 0 Å². The molecule has 0 unspecified atom stereocenters. The van der Waals surface area contributed by atoms with Crippen LogP contribution in [0.3, 0.4) is 0 Å². The van der Waals surface area contributed by atoms with E-state index < -0.39 is 144 Å². The van der Waals surface area contributed by atoms with Crippen molar-refractivity contribution in [3.8, 4) is 0 Å². The molecule has 0 fully saturated rings. The molecule has 22 heteroatoms. The predicted octanol–water partition coefficient (Wildman–Crippen LogP) is 7.23. The summed E-state index contributed by atoms with van der Waals surface area (Å²) in [7, 11) is 4.34. The summed E-state index contributed by atoms with van der Waals surface area (Å²) in [4.78, 5) is 1.41. The zero-order valence-electron chi connectivity index (χ0n) is 28.8. The highest BCUT2D eigenvalue weighted by atomic mass is 19.2. The first-order valence-corrected chi connectivity index (χ1v) is 15.3. The smallest absolute Gasteiger partial charge is 0.200 e. The summed E-state index contributed by atoms with van der Waals surface area (Å²) in [5, 5.41) is 0. The van der Waals surface area contributed by atoms with Gasteiger partial charge in [0, 0.05) is 11.1 Å². The van der Waals surface area contributed by atoms with Crippen LogP contribution in [0.5, 0.6) is 0 Å². The van der Waals surface area contributed by atoms with Crippen molar-refractivity contribution in [3.63, 3.8) is 0 Å². The van der Waals surface area contributed by atoms with Crippen molar-refractivity contribution in [2.75, 3.05) is 14.1 Å². The molecule has 57 heavy (non-hydrogen) atoms. The van der Waals surface area contributed by atoms with Crippen LogP contribution in [0.1, 0.15) is 16.7 Å². The second-order valence-electron chi connectivity index (χ2n) is 12.6. The molecule has 0 aromatic heterocycles. The van der Waals surface area contributed by atoms with Crippen LogP contribution in [0.25, 0.3) is 0 Å². The van der Waals surface area contributed by atoms with Gasteiger partial charge in [-0.2, -0.15) is 0 Å². The maximum Gasteiger partial charge on any atom is 0.200 e. The summed E-state index contributed by atoms with van der Waals surface area (Å²) in [5.41, 5.74) is -8.75. The van der Waals surface area contributed by atoms with Crippen molar-refractivity contribution in [2.24, 2.45) is 0 Å². The lowest BCUT2D eigenvalue weighted by atomic mass is 9.12. The molecule has 5 aromatic rings. The summed E-state index contributed by atoms with van der Waals surface area (Å²) in [6.07, 6.45) is -7.22. The van der Waals surface area contributed by atoms with Gasteiger partial charge >= 0.3 is 0 Å². The zero-order valence-corrected chi connectivity index (χ0v) is 28.8. The molecule has 0 aliphatic rings. The van der Waals surface area contributed by atoms with Crippen LogP contribution in [0.15, 0.2) is 12.1 Å². The lowest BCUT2D eigenvalue weighted by Gasteiger charge is -2.44. The van der Waals surface area contributed by atoms with Crippen molar-refractivity contribution in [1.82, 2.24) is 0 Å². The average molecular weight is 843 g/mol. The van der Waals surface area contributed by atoms with Crippen LogP contribution >= 0.6 is 0 Å². The monoisotopic (exact) mass is 843 g/mol. The van der Waals surface area contributed by atoms with Gasteiger partial charge in [-0.1, -0.05) is 17.7 Å². The molecule has 0 atom stereocenters. The second-order valence-corrected chi connectivity index (χ2v) is 12.6. The maximum absolute atomic E-state index is 15.4. The van der Waals surface area contributed by atoms with Gasteiger partial charge in [-0.15, -0.1) is 21.9 Å². The van der Waals surface area contributed by atoms with E-state index in [2.05, 4.69) is 47.0 Å². The maximum atomic E-state index is 15.4. The number of hydrogen-bond donors (Lipinski definition) is 1. The molecule has 1 nitrogen and oxygen atoms in total. The van der Waals surface area contributed by atoms with Crippen molar-refractivity contribution in [3.05, 3.63) is 145 Å². The van der Waals surface area contributed by atoms with Gasteiger partial charge in [0.25, 0.3) is 0 Å². The highest BCUT2D eigenvalue weighted by Gasteiger charge is 2.52. The van der Waals surface area contributed by atoms with Crippen molar-refractivity contribution in [1.29, 1.82) is 0 Å². The van der Waals surface area contributed by atoms with Gasteiger partial charge in [-0.05, 0) is 20.8 Å². The minimum Gasteiger partial charge on any atom is -0.307 e. The molecule has 0 heterocycles. The summed E-state index contributed by atoms with van der Waals surface area (Å²) in [6, 6.07) is 4.49. The number of nitrogens with one attached hydrogen (secondary N) is 1. The molecule has 0 aliphatic heterocycles. The molecule has 0 saturated carbocycles. The van der Waals surface area contributed by atoms with E-state index in [9.17, 15) is 52.7 Å². The Hall–Kier alpha value is -5.28. The Labute approximate surface area is 306 Å². The van der Waals surface area contributed by atoms with Gasteiger partial charge in [-0.25, -0.2) is 87.8 Å². The molecule has 0 bridgehead atoms. The highest BCUT2D eigenvalue weighted by Crippen LogP contribution is 2.31. The first kappa shape index (κ1) is 44.4. The summed E-state index contributed by atoms with van der Waals surface area (Å²) in [5.74, 6) is -71.4. The molecule has 0 radical (unpaired) electrons. The second kappa shape index (κ2) is 15.6. The van der Waals surface area contributed by atoms with E-state index in [0.717, 1.165) is 0 Å². The minimum absolute atomic E-state index is 1.36. The predicted molar refractivity (Wildman–Crippen MR) is 162 cm³/mol. The largest absolute Gasteiger partial charge is 0.307 e. The zero-order chi connectivity index (χ0) is 43.7. The SMILES string of the molecule is Cc1cc(C)c([NH+](C)C)c(C)c1.Fc1c(F)c(F)c([B-](c2c(F)c(F)c(F)c(F)c2F)(c2c(F)c(F)c(F)c(F)c2F)c2c(F)c(F)c(F)c(F)c2F)c(F)c1F. The fraction of sp³-hybridized carbons (Fsp3) is 0.143. The molecule has 5 aromatic carbocycles. The summed E-state index contributed by atoms with van der Waals surface area (Å²) < 4.78 is 294. The Morgan fingerprint density at radius 1 is 0.298 bits per heavy atom. The molecular formula is C35H18BF20N. The van der Waals surface area contributed by atoms with Gasteiger partial charge < -0.3 is 4.90 Å². The molecule has 0 saturated heterocycles. The standard InChI is InChI=1S/C24BF20.C11H17N/c26-5-1(6(27)14(35)21(42)13(5)34)25(2-7(28)15(36)22(43)16(37)8(2)29,3-9(30)17(38)23(44)18(39)10(3)31)4-11(32)19(40)24(45)20(41)12(4)33;1-8-6-9(2)11(12(4)5)10(3)7-8/h;6-7H,1-5H3/q-1;/p+1. The molecule has 306 valence electrons. The topological polar surface area (TPSA) is 4.44 Å². The van der Waals surface area contributed by atoms with Crippen LogP contribution < -0.4 is 26.8 Å². The number of rotatable bonds is 5. The van der Waals surface area contributed by atoms with Gasteiger partial charge in [-0.3, -0.25) is 0 Å². The number of benzene rings is 5. The number of quaternary nitrogens is 1. The quantitative estimate of drug-likeness (QED) is 0.0826. The summed E-state index contributed by atoms with van der Waals surface area (Å²) >= 11 is 0. The lowest BCUT2D eigenvalue weighted by Crippen LogP contribution is -3.00. The molecule has 0 aliphatic carbocycles. The van der Waals surface area contributed by atoms with Crippen molar-refractivity contribution < 1.29 is 92.7 Å². The summed E-state index contributed by atoms with van der Waals surface area (Å²) in [6.45, 7) is 6.51. The van der Waals surface area contributed by atoms with Crippen LogP contribution in [0.2, 0.25) is 0 Å². The van der Waals surface area contributed by atoms with Gasteiger partial charge in [0.05, 0.1) is 14.1 Å². The van der Waals surface area contributed by atoms with E-state index in [1.165, 1.54) is 27.3 Å². The van der Waals surface area contributed by atoms with E-state index in [-0.39, 0.29) is 0 Å². The van der Waals surface area contributed by atoms with Crippen LogP contribution in [0.4, 0.5) is 93.5 Å².